The van der Waals surface area contributed by atoms with Gasteiger partial charge in [0.1, 0.15) is 11.4 Å². The fraction of sp³-hybridized carbons (Fsp3) is 0.724. The Labute approximate surface area is 201 Å². The third-order valence-corrected chi connectivity index (χ3v) is 7.57. The predicted octanol–water partition coefficient (Wildman–Crippen LogP) is 6.76. The van der Waals surface area contributed by atoms with Gasteiger partial charge >= 0.3 is 0 Å². The number of aliphatic hydroxyl groups is 1. The van der Waals surface area contributed by atoms with Crippen LogP contribution in [0.4, 0.5) is 0 Å². The minimum absolute atomic E-state index is 0.212. The minimum atomic E-state index is -0.225. The summed E-state index contributed by atoms with van der Waals surface area (Å²) in [5.74, 6) is 4.65. The van der Waals surface area contributed by atoms with Gasteiger partial charge in [-0.25, -0.2) is 0 Å². The molecule has 1 aromatic carbocycles. The zero-order chi connectivity index (χ0) is 24.2. The summed E-state index contributed by atoms with van der Waals surface area (Å²) < 4.78 is 18.5. The van der Waals surface area contributed by atoms with E-state index in [1.54, 1.807) is 0 Å². The number of hydrogen-bond donors (Lipinski definition) is 1. The summed E-state index contributed by atoms with van der Waals surface area (Å²) in [7, 11) is 0. The molecule has 0 bridgehead atoms. The van der Waals surface area contributed by atoms with Crippen LogP contribution in [-0.4, -0.2) is 29.7 Å². The highest BCUT2D eigenvalue weighted by Crippen LogP contribution is 2.48. The zero-order valence-electron chi connectivity index (χ0n) is 21.7. The van der Waals surface area contributed by atoms with E-state index >= 15 is 0 Å². The molecule has 3 rings (SSSR count). The Morgan fingerprint density at radius 1 is 1.12 bits per heavy atom. The normalized spacial score (nSPS) is 31.2. The van der Waals surface area contributed by atoms with E-state index in [2.05, 4.69) is 32.6 Å². The first-order valence-electron chi connectivity index (χ1n) is 13.0. The second kappa shape index (κ2) is 11.3. The molecule has 7 atom stereocenters. The number of fused-ring (bicyclic) bond motifs is 1. The Bertz CT molecular complexity index is 748. The van der Waals surface area contributed by atoms with E-state index < -0.39 is 0 Å². The minimum Gasteiger partial charge on any atom is -0.493 e. The van der Waals surface area contributed by atoms with Gasteiger partial charge in [0.25, 0.3) is 0 Å². The molecule has 0 spiro atoms. The first-order chi connectivity index (χ1) is 15.5. The van der Waals surface area contributed by atoms with Crippen molar-refractivity contribution in [3.8, 4) is 5.75 Å². The summed E-state index contributed by atoms with van der Waals surface area (Å²) >= 11 is 0. The molecule has 0 amide bonds. The highest BCUT2D eigenvalue weighted by Gasteiger charge is 2.44. The molecule has 2 fully saturated rings. The van der Waals surface area contributed by atoms with Crippen LogP contribution in [0, 0.1) is 29.6 Å². The second-order valence-electron chi connectivity index (χ2n) is 11.6. The summed E-state index contributed by atoms with van der Waals surface area (Å²) in [5, 5.41) is 9.84. The van der Waals surface area contributed by atoms with Gasteiger partial charge in [-0.2, -0.15) is 0 Å². The number of allylic oxidation sites excluding steroid dienone is 1. The Hall–Kier alpha value is -1.52. The van der Waals surface area contributed by atoms with Crippen molar-refractivity contribution in [1.82, 2.24) is 0 Å². The van der Waals surface area contributed by atoms with Crippen LogP contribution in [0.15, 0.2) is 36.6 Å². The molecule has 1 aliphatic carbocycles. The Morgan fingerprint density at radius 2 is 1.82 bits per heavy atom. The largest absolute Gasteiger partial charge is 0.493 e. The van der Waals surface area contributed by atoms with Crippen LogP contribution in [0.1, 0.15) is 79.2 Å². The molecule has 1 aliphatic heterocycles. The second-order valence-corrected chi connectivity index (χ2v) is 11.6. The Morgan fingerprint density at radius 3 is 2.45 bits per heavy atom. The number of rotatable bonds is 8. The molecule has 1 N–H and O–H groups in total. The summed E-state index contributed by atoms with van der Waals surface area (Å²) in [6.07, 6.45) is 5.89. The van der Waals surface area contributed by atoms with Crippen molar-refractivity contribution in [3.63, 3.8) is 0 Å². The third kappa shape index (κ3) is 7.48. The van der Waals surface area contributed by atoms with Crippen LogP contribution in [-0.2, 0) is 15.9 Å². The van der Waals surface area contributed by atoms with Crippen molar-refractivity contribution in [2.75, 3.05) is 6.61 Å². The van der Waals surface area contributed by atoms with Gasteiger partial charge in [0.2, 0.25) is 6.29 Å². The van der Waals surface area contributed by atoms with Gasteiger partial charge in [0, 0.05) is 12.3 Å². The maximum Gasteiger partial charge on any atom is 0.202 e. The molecular formula is C29H46O4. The molecule has 1 aromatic rings. The summed E-state index contributed by atoms with van der Waals surface area (Å²) in [6, 6.07) is 8.25. The van der Waals surface area contributed by atoms with Gasteiger partial charge in [-0.15, -0.1) is 0 Å². The van der Waals surface area contributed by atoms with Gasteiger partial charge in [-0.05, 0) is 94.7 Å². The number of ether oxygens (including phenoxy) is 3. The number of aliphatic hydroxyl groups excluding tert-OH is 1. The van der Waals surface area contributed by atoms with Gasteiger partial charge in [0.05, 0.1) is 18.5 Å². The highest BCUT2D eigenvalue weighted by atomic mass is 16.7. The molecular weight excluding hydrogens is 412 g/mol. The van der Waals surface area contributed by atoms with Gasteiger partial charge in [-0.3, -0.25) is 0 Å². The van der Waals surface area contributed by atoms with Crippen LogP contribution in [0.25, 0.3) is 0 Å². The third-order valence-electron chi connectivity index (χ3n) is 7.57. The lowest BCUT2D eigenvalue weighted by Gasteiger charge is -2.44. The standard InChI is InChI=1S/C29H46O4/c1-19-8-14-26-22(4)28(31-17-16-27(26)25(19)15-9-20(2)30)32-24-12-10-23(11-13-24)18-21(3)33-29(5,6)7/h10-13,19-20,22,25-28,30H,3,8-9,14-18H2,1-2,4-7H3/t19-,20?,22-,25+,26+,27?,28-/m1/s1. The van der Waals surface area contributed by atoms with Gasteiger partial charge in [0.15, 0.2) is 0 Å². The Balaban J connectivity index is 1.61. The molecule has 4 heteroatoms. The first kappa shape index (κ1) is 26.1. The predicted molar refractivity (Wildman–Crippen MR) is 134 cm³/mol. The maximum absolute atomic E-state index is 9.84. The molecule has 186 valence electrons. The quantitative estimate of drug-likeness (QED) is 0.437. The Kier molecular flexibility index (Phi) is 8.91. The molecule has 1 saturated carbocycles. The van der Waals surface area contributed by atoms with E-state index in [1.165, 1.54) is 12.8 Å². The maximum atomic E-state index is 9.84. The van der Waals surface area contributed by atoms with Gasteiger partial charge < -0.3 is 19.3 Å². The van der Waals surface area contributed by atoms with Crippen LogP contribution in [0.5, 0.6) is 5.75 Å². The molecule has 1 saturated heterocycles. The van der Waals surface area contributed by atoms with Crippen LogP contribution < -0.4 is 4.74 Å². The SMILES string of the molecule is C=C(Cc1ccc(O[C@H]2OCCC3[C@@H](CC[C@@H](C)[C@@H]3CCC(C)O)[C@H]2C)cc1)OC(C)(C)C. The van der Waals surface area contributed by atoms with E-state index in [0.29, 0.717) is 30.1 Å². The van der Waals surface area contributed by atoms with E-state index in [4.69, 9.17) is 14.2 Å². The number of hydrogen-bond acceptors (Lipinski definition) is 4. The lowest BCUT2D eigenvalue weighted by Crippen LogP contribution is -2.40. The van der Waals surface area contributed by atoms with Crippen LogP contribution in [0.3, 0.4) is 0 Å². The molecule has 0 aromatic heterocycles. The molecule has 2 aliphatic rings. The summed E-state index contributed by atoms with van der Waals surface area (Å²) in [4.78, 5) is 0. The zero-order valence-corrected chi connectivity index (χ0v) is 21.7. The number of benzene rings is 1. The fourth-order valence-corrected chi connectivity index (χ4v) is 5.97. The van der Waals surface area contributed by atoms with Crippen molar-refractivity contribution in [2.24, 2.45) is 29.6 Å². The summed E-state index contributed by atoms with van der Waals surface area (Å²) in [5.41, 5.74) is 0.936. The molecule has 1 heterocycles. The van der Waals surface area contributed by atoms with Gasteiger partial charge in [-0.1, -0.05) is 39.0 Å². The summed E-state index contributed by atoms with van der Waals surface area (Å²) in [6.45, 7) is 17.5. The van der Waals surface area contributed by atoms with Crippen molar-refractivity contribution >= 4 is 0 Å². The fourth-order valence-electron chi connectivity index (χ4n) is 5.97. The van der Waals surface area contributed by atoms with E-state index in [1.807, 2.05) is 39.8 Å². The average Bonchev–Trinajstić information content (AvgIpc) is 2.86. The monoisotopic (exact) mass is 458 g/mol. The van der Waals surface area contributed by atoms with Crippen LogP contribution in [0.2, 0.25) is 0 Å². The van der Waals surface area contributed by atoms with E-state index in [9.17, 15) is 5.11 Å². The molecule has 2 unspecified atom stereocenters. The molecule has 0 radical (unpaired) electrons. The van der Waals surface area contributed by atoms with Crippen molar-refractivity contribution in [2.45, 2.75) is 98.1 Å². The topological polar surface area (TPSA) is 47.9 Å². The van der Waals surface area contributed by atoms with E-state index in [-0.39, 0.29) is 18.0 Å². The molecule has 33 heavy (non-hydrogen) atoms. The van der Waals surface area contributed by atoms with E-state index in [0.717, 1.165) is 48.9 Å². The highest BCUT2D eigenvalue weighted by molar-refractivity contribution is 5.29. The smallest absolute Gasteiger partial charge is 0.202 e. The lowest BCUT2D eigenvalue weighted by atomic mass is 9.61. The molecule has 4 nitrogen and oxygen atoms in total. The van der Waals surface area contributed by atoms with Crippen LogP contribution >= 0.6 is 0 Å². The van der Waals surface area contributed by atoms with Crippen molar-refractivity contribution in [3.05, 3.63) is 42.2 Å². The average molecular weight is 459 g/mol. The first-order valence-corrected chi connectivity index (χ1v) is 13.0. The van der Waals surface area contributed by atoms with Crippen molar-refractivity contribution < 1.29 is 19.3 Å². The lowest BCUT2D eigenvalue weighted by molar-refractivity contribution is -0.115. The van der Waals surface area contributed by atoms with Crippen molar-refractivity contribution in [1.29, 1.82) is 0 Å².